The van der Waals surface area contributed by atoms with Crippen molar-refractivity contribution < 1.29 is 18.1 Å². The molecular formula is C14H10F3N3O2. The maximum absolute atomic E-state index is 12.7. The van der Waals surface area contributed by atoms with Crippen molar-refractivity contribution in [1.82, 2.24) is 0 Å². The van der Waals surface area contributed by atoms with E-state index in [0.29, 0.717) is 11.6 Å². The van der Waals surface area contributed by atoms with Crippen LogP contribution in [0.2, 0.25) is 0 Å². The van der Waals surface area contributed by atoms with Gasteiger partial charge in [-0.05, 0) is 17.7 Å². The Balaban J connectivity index is 2.49. The molecule has 0 spiro atoms. The van der Waals surface area contributed by atoms with Crippen LogP contribution in [0, 0.1) is 21.4 Å². The zero-order valence-corrected chi connectivity index (χ0v) is 11.0. The number of nitrogens with zero attached hydrogens (tertiary/aromatic N) is 2. The van der Waals surface area contributed by atoms with Gasteiger partial charge in [-0.25, -0.2) is 0 Å². The molecule has 1 aromatic rings. The van der Waals surface area contributed by atoms with Crippen LogP contribution in [0.5, 0.6) is 0 Å². The zero-order valence-electron chi connectivity index (χ0n) is 11.0. The van der Waals surface area contributed by atoms with Gasteiger partial charge in [0.25, 0.3) is 6.04 Å². The summed E-state index contributed by atoms with van der Waals surface area (Å²) < 4.78 is 38.1. The van der Waals surface area contributed by atoms with Gasteiger partial charge in [-0.3, -0.25) is 10.1 Å². The van der Waals surface area contributed by atoms with E-state index in [4.69, 9.17) is 11.0 Å². The summed E-state index contributed by atoms with van der Waals surface area (Å²) in [4.78, 5) is 10.3. The summed E-state index contributed by atoms with van der Waals surface area (Å²) in [5.41, 5.74) is 3.74. The van der Waals surface area contributed by atoms with Crippen molar-refractivity contribution in [2.45, 2.75) is 17.8 Å². The molecule has 2 rings (SSSR count). The van der Waals surface area contributed by atoms with Crippen LogP contribution in [0.25, 0.3) is 0 Å². The lowest BCUT2D eigenvalue weighted by atomic mass is 9.79. The number of hydrogen-bond acceptors (Lipinski definition) is 4. The van der Waals surface area contributed by atoms with Crippen molar-refractivity contribution in [3.8, 4) is 6.07 Å². The SMILES string of the molecule is N#Cc1ccc(C2(N)C=CC(C(F)(F)F)=CC2[N+](=O)[O-])cc1. The molecule has 2 unspecified atom stereocenters. The van der Waals surface area contributed by atoms with Gasteiger partial charge in [-0.2, -0.15) is 18.4 Å². The first kappa shape index (κ1) is 15.7. The molecule has 5 nitrogen and oxygen atoms in total. The molecule has 2 atom stereocenters. The van der Waals surface area contributed by atoms with Crippen molar-refractivity contribution in [3.63, 3.8) is 0 Å². The summed E-state index contributed by atoms with van der Waals surface area (Å²) in [7, 11) is 0. The fourth-order valence-electron chi connectivity index (χ4n) is 2.21. The van der Waals surface area contributed by atoms with Gasteiger partial charge in [0.2, 0.25) is 0 Å². The van der Waals surface area contributed by atoms with Crippen LogP contribution in [0.1, 0.15) is 11.1 Å². The number of allylic oxidation sites excluding steroid dienone is 2. The minimum Gasteiger partial charge on any atom is -0.312 e. The molecule has 22 heavy (non-hydrogen) atoms. The Labute approximate surface area is 123 Å². The second-order valence-electron chi connectivity index (χ2n) is 4.81. The molecule has 0 aromatic heterocycles. The van der Waals surface area contributed by atoms with Gasteiger partial charge in [0, 0.05) is 11.0 Å². The van der Waals surface area contributed by atoms with Crippen molar-refractivity contribution in [1.29, 1.82) is 5.26 Å². The minimum absolute atomic E-state index is 0.252. The second-order valence-corrected chi connectivity index (χ2v) is 4.81. The number of nitrogens with two attached hydrogens (primary N) is 1. The molecule has 114 valence electrons. The first-order valence-electron chi connectivity index (χ1n) is 6.10. The Morgan fingerprint density at radius 3 is 2.36 bits per heavy atom. The summed E-state index contributed by atoms with van der Waals surface area (Å²) in [5, 5.41) is 19.9. The van der Waals surface area contributed by atoms with E-state index in [1.165, 1.54) is 24.3 Å². The monoisotopic (exact) mass is 309 g/mol. The lowest BCUT2D eigenvalue weighted by molar-refractivity contribution is -0.519. The van der Waals surface area contributed by atoms with Gasteiger partial charge in [0.05, 0.1) is 17.2 Å². The standard InChI is InChI=1S/C14H10F3N3O2/c15-14(16,17)11-5-6-13(19,12(7-11)20(21)22)10-3-1-9(8-18)2-4-10/h1-7,12H,19H2. The van der Waals surface area contributed by atoms with Crippen LogP contribution in [0.3, 0.4) is 0 Å². The van der Waals surface area contributed by atoms with Crippen LogP contribution in [0.15, 0.2) is 48.1 Å². The predicted octanol–water partition coefficient (Wildman–Crippen LogP) is 2.42. The number of hydrogen-bond donors (Lipinski definition) is 1. The summed E-state index contributed by atoms with van der Waals surface area (Å²) in [6.45, 7) is 0. The molecule has 0 heterocycles. The highest BCUT2D eigenvalue weighted by Gasteiger charge is 2.47. The van der Waals surface area contributed by atoms with Gasteiger partial charge in [0.15, 0.2) is 0 Å². The van der Waals surface area contributed by atoms with Gasteiger partial charge in [-0.1, -0.05) is 24.3 Å². The van der Waals surface area contributed by atoms with Crippen LogP contribution >= 0.6 is 0 Å². The molecule has 0 bridgehead atoms. The van der Waals surface area contributed by atoms with E-state index in [1.807, 2.05) is 6.07 Å². The fraction of sp³-hybridized carbons (Fsp3) is 0.214. The molecule has 0 saturated heterocycles. The van der Waals surface area contributed by atoms with Crippen molar-refractivity contribution >= 4 is 0 Å². The van der Waals surface area contributed by atoms with Gasteiger partial charge in [0.1, 0.15) is 5.54 Å². The Hall–Kier alpha value is -2.66. The Bertz CT molecular complexity index is 702. The molecule has 1 aliphatic carbocycles. The number of nitro groups is 1. The molecule has 0 saturated carbocycles. The molecule has 2 N–H and O–H groups in total. The maximum atomic E-state index is 12.7. The normalized spacial score (nSPS) is 24.5. The summed E-state index contributed by atoms with van der Waals surface area (Å²) in [5.74, 6) is 0. The smallest absolute Gasteiger partial charge is 0.312 e. The summed E-state index contributed by atoms with van der Waals surface area (Å²) >= 11 is 0. The van der Waals surface area contributed by atoms with E-state index in [0.717, 1.165) is 12.2 Å². The molecule has 0 radical (unpaired) electrons. The number of halogens is 3. The van der Waals surface area contributed by atoms with E-state index >= 15 is 0 Å². The topological polar surface area (TPSA) is 93.0 Å². The number of nitriles is 1. The van der Waals surface area contributed by atoms with Gasteiger partial charge in [-0.15, -0.1) is 0 Å². The van der Waals surface area contributed by atoms with Crippen molar-refractivity contribution in [2.24, 2.45) is 5.73 Å². The third-order valence-corrected chi connectivity index (χ3v) is 3.43. The zero-order chi connectivity index (χ0) is 16.5. The molecule has 1 aromatic carbocycles. The Kier molecular flexibility index (Phi) is 3.77. The van der Waals surface area contributed by atoms with Crippen LogP contribution in [0.4, 0.5) is 13.2 Å². The highest BCUT2D eigenvalue weighted by Crippen LogP contribution is 2.36. The van der Waals surface area contributed by atoms with E-state index < -0.39 is 28.3 Å². The largest absolute Gasteiger partial charge is 0.416 e. The maximum Gasteiger partial charge on any atom is 0.416 e. The first-order chi connectivity index (χ1) is 10.2. The molecule has 0 amide bonds. The minimum atomic E-state index is -4.68. The van der Waals surface area contributed by atoms with Gasteiger partial charge < -0.3 is 5.73 Å². The fourth-order valence-corrected chi connectivity index (χ4v) is 2.21. The summed E-state index contributed by atoms with van der Waals surface area (Å²) in [6.07, 6.45) is -2.46. The van der Waals surface area contributed by atoms with Crippen molar-refractivity contribution in [3.05, 3.63) is 69.3 Å². The Morgan fingerprint density at radius 2 is 1.91 bits per heavy atom. The van der Waals surface area contributed by atoms with Crippen LogP contribution in [-0.4, -0.2) is 17.1 Å². The van der Waals surface area contributed by atoms with E-state index in [-0.39, 0.29) is 5.56 Å². The molecule has 8 heteroatoms. The number of alkyl halides is 3. The lowest BCUT2D eigenvalue weighted by Crippen LogP contribution is -2.51. The highest BCUT2D eigenvalue weighted by atomic mass is 19.4. The number of rotatable bonds is 2. The molecular weight excluding hydrogens is 299 g/mol. The number of benzene rings is 1. The molecule has 1 aliphatic rings. The lowest BCUT2D eigenvalue weighted by Gasteiger charge is -2.31. The van der Waals surface area contributed by atoms with Crippen molar-refractivity contribution in [2.75, 3.05) is 0 Å². The average molecular weight is 309 g/mol. The van der Waals surface area contributed by atoms with Gasteiger partial charge >= 0.3 is 6.18 Å². The summed E-state index contributed by atoms with van der Waals surface area (Å²) in [6, 6.07) is 5.71. The van der Waals surface area contributed by atoms with Crippen LogP contribution < -0.4 is 5.73 Å². The first-order valence-corrected chi connectivity index (χ1v) is 6.10. The third-order valence-electron chi connectivity index (χ3n) is 3.43. The molecule has 0 aliphatic heterocycles. The highest BCUT2D eigenvalue weighted by molar-refractivity contribution is 5.44. The predicted molar refractivity (Wildman–Crippen MR) is 71.1 cm³/mol. The van der Waals surface area contributed by atoms with E-state index in [1.54, 1.807) is 0 Å². The average Bonchev–Trinajstić information content (AvgIpc) is 2.46. The quantitative estimate of drug-likeness (QED) is 0.670. The second kappa shape index (κ2) is 5.27. The van der Waals surface area contributed by atoms with Crippen LogP contribution in [-0.2, 0) is 5.54 Å². The van der Waals surface area contributed by atoms with E-state index in [9.17, 15) is 23.3 Å². The van der Waals surface area contributed by atoms with E-state index in [2.05, 4.69) is 0 Å². The Morgan fingerprint density at radius 1 is 1.32 bits per heavy atom. The third kappa shape index (κ3) is 2.71. The molecule has 0 fully saturated rings.